The van der Waals surface area contributed by atoms with Crippen LogP contribution in [0.3, 0.4) is 0 Å². The molecule has 0 saturated carbocycles. The molecule has 136 valence electrons. The van der Waals surface area contributed by atoms with Gasteiger partial charge in [0.15, 0.2) is 0 Å². The van der Waals surface area contributed by atoms with E-state index in [4.69, 9.17) is 0 Å². The Kier molecular flexibility index (Phi) is 4.45. The van der Waals surface area contributed by atoms with Crippen LogP contribution in [0.15, 0.2) is 76.1 Å². The average Bonchev–Trinajstić information content (AvgIpc) is 3.08. The second-order valence-corrected chi connectivity index (χ2v) is 8.46. The molecule has 0 saturated heterocycles. The monoisotopic (exact) mass is 445 g/mol. The quantitative estimate of drug-likeness (QED) is 0.467. The average molecular weight is 446 g/mol. The maximum absolute atomic E-state index is 14.0. The van der Waals surface area contributed by atoms with Gasteiger partial charge < -0.3 is 4.98 Å². The van der Waals surface area contributed by atoms with Crippen LogP contribution in [0.4, 0.5) is 10.1 Å². The van der Waals surface area contributed by atoms with Crippen LogP contribution in [-0.2, 0) is 10.0 Å². The van der Waals surface area contributed by atoms with Crippen LogP contribution in [-0.4, -0.2) is 18.4 Å². The summed E-state index contributed by atoms with van der Waals surface area (Å²) in [5.41, 5.74) is 2.00. The third kappa shape index (κ3) is 3.58. The van der Waals surface area contributed by atoms with Gasteiger partial charge in [-0.25, -0.2) is 17.8 Å². The maximum Gasteiger partial charge on any atom is 0.262 e. The number of fused-ring (bicyclic) bond motifs is 1. The molecule has 27 heavy (non-hydrogen) atoms. The van der Waals surface area contributed by atoms with Crippen LogP contribution in [0.2, 0.25) is 0 Å². The smallest absolute Gasteiger partial charge is 0.262 e. The molecular weight excluding hydrogens is 433 g/mol. The third-order valence-electron chi connectivity index (χ3n) is 3.99. The lowest BCUT2D eigenvalue weighted by atomic mass is 10.2. The summed E-state index contributed by atoms with van der Waals surface area (Å²) >= 11 is 3.14. The fourth-order valence-corrected chi connectivity index (χ4v) is 4.09. The van der Waals surface area contributed by atoms with Crippen LogP contribution in [0.1, 0.15) is 0 Å². The first kappa shape index (κ1) is 17.7. The molecule has 5 nitrogen and oxygen atoms in total. The minimum Gasteiger partial charge on any atom is -0.338 e. The van der Waals surface area contributed by atoms with Gasteiger partial charge in [-0.05, 0) is 36.4 Å². The summed E-state index contributed by atoms with van der Waals surface area (Å²) in [5.74, 6) is -0.0195. The Bertz CT molecular complexity index is 1240. The van der Waals surface area contributed by atoms with Crippen LogP contribution in [0.5, 0.6) is 0 Å². The number of hydrogen-bond acceptors (Lipinski definition) is 3. The highest BCUT2D eigenvalue weighted by Crippen LogP contribution is 2.25. The molecule has 0 amide bonds. The van der Waals surface area contributed by atoms with Gasteiger partial charge >= 0.3 is 0 Å². The van der Waals surface area contributed by atoms with Crippen LogP contribution >= 0.6 is 15.9 Å². The molecule has 2 N–H and O–H groups in total. The molecule has 0 atom stereocenters. The summed E-state index contributed by atoms with van der Waals surface area (Å²) in [5, 5.41) is 0. The number of halogens is 2. The van der Waals surface area contributed by atoms with E-state index in [1.165, 1.54) is 24.3 Å². The van der Waals surface area contributed by atoms with Gasteiger partial charge in [0.05, 0.1) is 21.6 Å². The Labute approximate surface area is 163 Å². The zero-order valence-corrected chi connectivity index (χ0v) is 16.2. The van der Waals surface area contributed by atoms with E-state index in [0.29, 0.717) is 21.3 Å². The number of anilines is 1. The van der Waals surface area contributed by atoms with Crippen molar-refractivity contribution in [3.8, 4) is 11.4 Å². The van der Waals surface area contributed by atoms with Crippen molar-refractivity contribution in [1.29, 1.82) is 0 Å². The molecule has 0 spiro atoms. The summed E-state index contributed by atoms with van der Waals surface area (Å²) in [6.45, 7) is 0. The van der Waals surface area contributed by atoms with Gasteiger partial charge in [-0.3, -0.25) is 4.72 Å². The van der Waals surface area contributed by atoms with Crippen LogP contribution in [0.25, 0.3) is 22.4 Å². The second-order valence-electron chi connectivity index (χ2n) is 5.86. The summed E-state index contributed by atoms with van der Waals surface area (Å²) in [6.07, 6.45) is 0. The molecule has 1 aromatic heterocycles. The molecule has 0 aliphatic carbocycles. The topological polar surface area (TPSA) is 74.8 Å². The fraction of sp³-hybridized carbons (Fsp3) is 0. The minimum atomic E-state index is -3.95. The number of imidazole rings is 1. The van der Waals surface area contributed by atoms with Crippen molar-refractivity contribution in [3.05, 3.63) is 77.0 Å². The minimum absolute atomic E-state index is 0.0144. The van der Waals surface area contributed by atoms with Crippen molar-refractivity contribution in [2.24, 2.45) is 0 Å². The lowest BCUT2D eigenvalue weighted by Gasteiger charge is -2.09. The Morgan fingerprint density at radius 2 is 1.78 bits per heavy atom. The number of benzene rings is 3. The molecular formula is C19H13BrFN3O2S. The number of H-pyrrole nitrogens is 1. The Morgan fingerprint density at radius 1 is 1.00 bits per heavy atom. The molecule has 1 heterocycles. The van der Waals surface area contributed by atoms with E-state index < -0.39 is 15.8 Å². The lowest BCUT2D eigenvalue weighted by molar-refractivity contribution is 0.598. The molecule has 0 aliphatic heterocycles. The van der Waals surface area contributed by atoms with Crippen molar-refractivity contribution in [1.82, 2.24) is 9.97 Å². The van der Waals surface area contributed by atoms with Gasteiger partial charge in [0, 0.05) is 10.0 Å². The SMILES string of the molecule is O=S(=O)(Nc1ccc(Br)cc1F)c1ccc2nc(-c3ccccc3)[nH]c2c1. The van der Waals surface area contributed by atoms with Crippen LogP contribution in [0, 0.1) is 5.82 Å². The number of hydrogen-bond donors (Lipinski definition) is 2. The summed E-state index contributed by atoms with van der Waals surface area (Å²) < 4.78 is 42.0. The first-order valence-corrected chi connectivity index (χ1v) is 10.2. The number of rotatable bonds is 4. The molecule has 0 unspecified atom stereocenters. The fourth-order valence-electron chi connectivity index (χ4n) is 2.66. The molecule has 8 heteroatoms. The summed E-state index contributed by atoms with van der Waals surface area (Å²) in [4.78, 5) is 7.62. The Morgan fingerprint density at radius 3 is 2.52 bits per heavy atom. The van der Waals surface area contributed by atoms with E-state index >= 15 is 0 Å². The van der Waals surface area contributed by atoms with Crippen LogP contribution < -0.4 is 4.72 Å². The molecule has 3 aromatic carbocycles. The Balaban J connectivity index is 1.70. The van der Waals surface area contributed by atoms with E-state index in [1.54, 1.807) is 12.1 Å². The van der Waals surface area contributed by atoms with Crippen molar-refractivity contribution in [2.75, 3.05) is 4.72 Å². The number of nitrogens with one attached hydrogen (secondary N) is 2. The van der Waals surface area contributed by atoms with E-state index in [1.807, 2.05) is 30.3 Å². The first-order valence-electron chi connectivity index (χ1n) is 7.95. The lowest BCUT2D eigenvalue weighted by Crippen LogP contribution is -2.13. The normalized spacial score (nSPS) is 11.6. The molecule has 4 aromatic rings. The van der Waals surface area contributed by atoms with Crippen molar-refractivity contribution < 1.29 is 12.8 Å². The summed E-state index contributed by atoms with van der Waals surface area (Å²) in [7, 11) is -3.95. The molecule has 0 aliphatic rings. The maximum atomic E-state index is 14.0. The van der Waals surface area contributed by atoms with E-state index in [-0.39, 0.29) is 10.6 Å². The molecule has 0 radical (unpaired) electrons. The molecule has 4 rings (SSSR count). The number of aromatic nitrogens is 2. The number of nitrogens with zero attached hydrogens (tertiary/aromatic N) is 1. The zero-order chi connectivity index (χ0) is 19.0. The summed E-state index contributed by atoms with van der Waals surface area (Å²) in [6, 6.07) is 18.2. The molecule has 0 fully saturated rings. The third-order valence-corrected chi connectivity index (χ3v) is 5.84. The van der Waals surface area contributed by atoms with E-state index in [2.05, 4.69) is 30.6 Å². The number of sulfonamides is 1. The predicted octanol–water partition coefficient (Wildman–Crippen LogP) is 4.93. The van der Waals surface area contributed by atoms with E-state index in [9.17, 15) is 12.8 Å². The Hall–Kier alpha value is -2.71. The van der Waals surface area contributed by atoms with Crippen molar-refractivity contribution in [2.45, 2.75) is 4.90 Å². The van der Waals surface area contributed by atoms with E-state index in [0.717, 1.165) is 5.56 Å². The van der Waals surface area contributed by atoms with Gasteiger partial charge in [-0.1, -0.05) is 46.3 Å². The second kappa shape index (κ2) is 6.79. The van der Waals surface area contributed by atoms with Gasteiger partial charge in [0.1, 0.15) is 11.6 Å². The highest BCUT2D eigenvalue weighted by molar-refractivity contribution is 9.10. The van der Waals surface area contributed by atoms with Gasteiger partial charge in [0.25, 0.3) is 10.0 Å². The van der Waals surface area contributed by atoms with Gasteiger partial charge in [-0.2, -0.15) is 0 Å². The van der Waals surface area contributed by atoms with Gasteiger partial charge in [-0.15, -0.1) is 0 Å². The molecule has 0 bridgehead atoms. The predicted molar refractivity (Wildman–Crippen MR) is 106 cm³/mol. The highest BCUT2D eigenvalue weighted by atomic mass is 79.9. The van der Waals surface area contributed by atoms with Gasteiger partial charge in [0.2, 0.25) is 0 Å². The number of aromatic amines is 1. The largest absolute Gasteiger partial charge is 0.338 e. The first-order chi connectivity index (χ1) is 12.9. The highest BCUT2D eigenvalue weighted by Gasteiger charge is 2.18. The van der Waals surface area contributed by atoms with Crippen molar-refractivity contribution in [3.63, 3.8) is 0 Å². The van der Waals surface area contributed by atoms with Crippen molar-refractivity contribution >= 4 is 42.7 Å². The standard InChI is InChI=1S/C19H13BrFN3O2S/c20-13-6-8-16(15(21)10-13)24-27(25,26)14-7-9-17-18(11-14)23-19(22-17)12-4-2-1-3-5-12/h1-11,24H,(H,22,23). The zero-order valence-electron chi connectivity index (χ0n) is 13.8.